The first kappa shape index (κ1) is 14.7. The summed E-state index contributed by atoms with van der Waals surface area (Å²) in [7, 11) is 0. The Morgan fingerprint density at radius 1 is 1.29 bits per heavy atom. The van der Waals surface area contributed by atoms with Gasteiger partial charge in [-0.2, -0.15) is 0 Å². The fourth-order valence-electron chi connectivity index (χ4n) is 3.40. The number of aromatic nitrogens is 1. The lowest BCUT2D eigenvalue weighted by Crippen LogP contribution is -2.46. The largest absolute Gasteiger partial charge is 0.389 e. The highest BCUT2D eigenvalue weighted by Crippen LogP contribution is 2.28. The van der Waals surface area contributed by atoms with Crippen molar-refractivity contribution in [3.63, 3.8) is 0 Å². The summed E-state index contributed by atoms with van der Waals surface area (Å²) in [6, 6.07) is 2.17. The van der Waals surface area contributed by atoms with Crippen molar-refractivity contribution < 1.29 is 4.74 Å². The average Bonchev–Trinajstić information content (AvgIpc) is 2.44. The molecule has 2 N–H and O–H groups in total. The van der Waals surface area contributed by atoms with Crippen LogP contribution in [-0.4, -0.2) is 35.3 Å². The van der Waals surface area contributed by atoms with Crippen LogP contribution in [0.5, 0.6) is 0 Å². The van der Waals surface area contributed by atoms with Crippen molar-refractivity contribution in [2.24, 2.45) is 5.73 Å². The second-order valence-corrected chi connectivity index (χ2v) is 6.64. The number of fused-ring (bicyclic) bond motifs is 1. The molecule has 5 heteroatoms. The van der Waals surface area contributed by atoms with Crippen molar-refractivity contribution in [1.29, 1.82) is 0 Å². The Balaban J connectivity index is 2.01. The van der Waals surface area contributed by atoms with Gasteiger partial charge < -0.3 is 15.4 Å². The molecule has 0 aromatic carbocycles. The first-order chi connectivity index (χ1) is 10.0. The van der Waals surface area contributed by atoms with Gasteiger partial charge in [0.15, 0.2) is 0 Å². The molecule has 1 fully saturated rings. The number of rotatable bonds is 2. The standard InChI is InChI=1S/C16H23N3OS/c1-10-8-19(9-11(2)20-10)16-13(15(17)21)7-12-5-3-4-6-14(12)18-16/h7,10-11H,3-6,8-9H2,1-2H3,(H2,17,21). The summed E-state index contributed by atoms with van der Waals surface area (Å²) in [6.45, 7) is 5.88. The van der Waals surface area contributed by atoms with Crippen LogP contribution in [0.25, 0.3) is 0 Å². The topological polar surface area (TPSA) is 51.4 Å². The SMILES string of the molecule is CC1CN(c2nc3c(cc2C(N)=S)CCCC3)CC(C)O1. The molecule has 2 unspecified atom stereocenters. The molecule has 2 atom stereocenters. The van der Waals surface area contributed by atoms with E-state index >= 15 is 0 Å². The molecule has 1 aliphatic carbocycles. The number of nitrogens with two attached hydrogens (primary N) is 1. The zero-order valence-electron chi connectivity index (χ0n) is 12.8. The molecule has 2 aliphatic rings. The fourth-order valence-corrected chi connectivity index (χ4v) is 3.55. The van der Waals surface area contributed by atoms with E-state index in [2.05, 4.69) is 24.8 Å². The summed E-state index contributed by atoms with van der Waals surface area (Å²) >= 11 is 5.26. The van der Waals surface area contributed by atoms with E-state index in [1.165, 1.54) is 24.1 Å². The minimum absolute atomic E-state index is 0.200. The maximum atomic E-state index is 5.96. The Morgan fingerprint density at radius 3 is 2.62 bits per heavy atom. The number of hydrogen-bond acceptors (Lipinski definition) is 4. The summed E-state index contributed by atoms with van der Waals surface area (Å²) < 4.78 is 5.82. The summed E-state index contributed by atoms with van der Waals surface area (Å²) in [5.74, 6) is 0.949. The third-order valence-electron chi connectivity index (χ3n) is 4.27. The molecule has 0 saturated carbocycles. The molecule has 114 valence electrons. The monoisotopic (exact) mass is 305 g/mol. The van der Waals surface area contributed by atoms with E-state index in [1.807, 2.05) is 0 Å². The molecule has 0 radical (unpaired) electrons. The molecule has 0 amide bonds. The lowest BCUT2D eigenvalue weighted by atomic mass is 9.94. The van der Waals surface area contributed by atoms with Crippen LogP contribution in [0.4, 0.5) is 5.82 Å². The quantitative estimate of drug-likeness (QED) is 0.849. The van der Waals surface area contributed by atoms with E-state index in [1.54, 1.807) is 0 Å². The lowest BCUT2D eigenvalue weighted by Gasteiger charge is -2.37. The summed E-state index contributed by atoms with van der Waals surface area (Å²) in [5, 5.41) is 0. The number of hydrogen-bond donors (Lipinski definition) is 1. The predicted molar refractivity (Wildman–Crippen MR) is 89.0 cm³/mol. The van der Waals surface area contributed by atoms with Gasteiger partial charge in [-0.1, -0.05) is 12.2 Å². The maximum absolute atomic E-state index is 5.96. The number of aryl methyl sites for hydroxylation is 2. The molecule has 1 saturated heterocycles. The molecule has 1 aromatic rings. The van der Waals surface area contributed by atoms with Crippen molar-refractivity contribution in [2.75, 3.05) is 18.0 Å². The third kappa shape index (κ3) is 3.04. The fraction of sp³-hybridized carbons (Fsp3) is 0.625. The molecule has 0 bridgehead atoms. The van der Waals surface area contributed by atoms with Crippen LogP contribution in [0.1, 0.15) is 43.5 Å². The van der Waals surface area contributed by atoms with E-state index < -0.39 is 0 Å². The van der Waals surface area contributed by atoms with E-state index in [4.69, 9.17) is 27.7 Å². The van der Waals surface area contributed by atoms with Crippen LogP contribution in [0, 0.1) is 0 Å². The van der Waals surface area contributed by atoms with E-state index in [0.717, 1.165) is 37.3 Å². The van der Waals surface area contributed by atoms with Gasteiger partial charge in [-0.25, -0.2) is 4.98 Å². The summed E-state index contributed by atoms with van der Waals surface area (Å²) in [6.07, 6.45) is 5.01. The Labute approximate surface area is 131 Å². The number of morpholine rings is 1. The van der Waals surface area contributed by atoms with Gasteiger partial charge in [0, 0.05) is 18.8 Å². The van der Waals surface area contributed by atoms with Crippen LogP contribution < -0.4 is 10.6 Å². The van der Waals surface area contributed by atoms with Crippen LogP contribution in [0.2, 0.25) is 0 Å². The minimum Gasteiger partial charge on any atom is -0.389 e. The molecule has 2 heterocycles. The van der Waals surface area contributed by atoms with Gasteiger partial charge in [-0.05, 0) is 51.2 Å². The Kier molecular flexibility index (Phi) is 4.13. The van der Waals surface area contributed by atoms with Crippen molar-refractivity contribution in [3.05, 3.63) is 22.9 Å². The first-order valence-electron chi connectivity index (χ1n) is 7.77. The zero-order valence-corrected chi connectivity index (χ0v) is 13.6. The zero-order chi connectivity index (χ0) is 15.0. The van der Waals surface area contributed by atoms with Crippen LogP contribution in [0.3, 0.4) is 0 Å². The van der Waals surface area contributed by atoms with Crippen molar-refractivity contribution in [3.8, 4) is 0 Å². The second kappa shape index (κ2) is 5.89. The molecular formula is C16H23N3OS. The van der Waals surface area contributed by atoms with Gasteiger partial charge in [-0.15, -0.1) is 0 Å². The van der Waals surface area contributed by atoms with Crippen molar-refractivity contribution in [1.82, 2.24) is 4.98 Å². The number of thiocarbonyl (C=S) groups is 1. The minimum atomic E-state index is 0.200. The molecule has 21 heavy (non-hydrogen) atoms. The number of ether oxygens (including phenoxy) is 1. The molecule has 1 aromatic heterocycles. The second-order valence-electron chi connectivity index (χ2n) is 6.20. The smallest absolute Gasteiger partial charge is 0.139 e. The highest BCUT2D eigenvalue weighted by molar-refractivity contribution is 7.80. The van der Waals surface area contributed by atoms with Gasteiger partial charge in [-0.3, -0.25) is 0 Å². The molecule has 3 rings (SSSR count). The highest BCUT2D eigenvalue weighted by atomic mass is 32.1. The lowest BCUT2D eigenvalue weighted by molar-refractivity contribution is -0.00547. The van der Waals surface area contributed by atoms with Gasteiger partial charge >= 0.3 is 0 Å². The number of pyridine rings is 1. The molecule has 4 nitrogen and oxygen atoms in total. The van der Waals surface area contributed by atoms with Crippen molar-refractivity contribution >= 4 is 23.0 Å². The van der Waals surface area contributed by atoms with Crippen LogP contribution in [-0.2, 0) is 17.6 Å². The maximum Gasteiger partial charge on any atom is 0.139 e. The third-order valence-corrected chi connectivity index (χ3v) is 4.49. The van der Waals surface area contributed by atoms with Gasteiger partial charge in [0.25, 0.3) is 0 Å². The van der Waals surface area contributed by atoms with Crippen LogP contribution in [0.15, 0.2) is 6.07 Å². The van der Waals surface area contributed by atoms with Gasteiger partial charge in [0.2, 0.25) is 0 Å². The average molecular weight is 305 g/mol. The summed E-state index contributed by atoms with van der Waals surface area (Å²) in [5.41, 5.74) is 9.43. The van der Waals surface area contributed by atoms with Gasteiger partial charge in [0.05, 0.1) is 17.8 Å². The molecular weight excluding hydrogens is 282 g/mol. The molecule has 0 spiro atoms. The Hall–Kier alpha value is -1.20. The van der Waals surface area contributed by atoms with Crippen molar-refractivity contribution in [2.45, 2.75) is 51.7 Å². The Morgan fingerprint density at radius 2 is 1.95 bits per heavy atom. The van der Waals surface area contributed by atoms with E-state index in [-0.39, 0.29) is 12.2 Å². The van der Waals surface area contributed by atoms with E-state index in [9.17, 15) is 0 Å². The number of nitrogens with zero attached hydrogens (tertiary/aromatic N) is 2. The van der Waals surface area contributed by atoms with Gasteiger partial charge in [0.1, 0.15) is 10.8 Å². The first-order valence-corrected chi connectivity index (χ1v) is 8.18. The highest BCUT2D eigenvalue weighted by Gasteiger charge is 2.27. The normalized spacial score (nSPS) is 25.5. The Bertz CT molecular complexity index is 551. The number of anilines is 1. The molecule has 1 aliphatic heterocycles. The van der Waals surface area contributed by atoms with Crippen LogP contribution >= 0.6 is 12.2 Å². The van der Waals surface area contributed by atoms with E-state index in [0.29, 0.717) is 4.99 Å². The predicted octanol–water partition coefficient (Wildman–Crippen LogP) is 2.21. The summed E-state index contributed by atoms with van der Waals surface area (Å²) in [4.78, 5) is 7.65.